The lowest BCUT2D eigenvalue weighted by atomic mass is 9.79. The number of nitriles is 1. The predicted molar refractivity (Wildman–Crippen MR) is 51.6 cm³/mol. The highest BCUT2D eigenvalue weighted by atomic mass is 19.1. The summed E-state index contributed by atoms with van der Waals surface area (Å²) in [5, 5.41) is 17.5. The summed E-state index contributed by atoms with van der Waals surface area (Å²) in [4.78, 5) is 11.0. The zero-order valence-electron chi connectivity index (χ0n) is 8.50. The standard InChI is InChI=1S/C11H9F2NO2/c1-11(4-5-14,10(15)16)8-3-2-7(12)6-9(8)13/h2-3,6H,4H2,1H3,(H,15,16). The fourth-order valence-electron chi connectivity index (χ4n) is 1.38. The minimum atomic E-state index is -1.66. The minimum absolute atomic E-state index is 0.192. The highest BCUT2D eigenvalue weighted by Gasteiger charge is 2.37. The number of hydrogen-bond acceptors (Lipinski definition) is 2. The third kappa shape index (κ3) is 2.01. The van der Waals surface area contributed by atoms with Gasteiger partial charge in [0.05, 0.1) is 12.5 Å². The van der Waals surface area contributed by atoms with Crippen LogP contribution in [-0.4, -0.2) is 11.1 Å². The van der Waals surface area contributed by atoms with Gasteiger partial charge in [-0.05, 0) is 13.0 Å². The van der Waals surface area contributed by atoms with Gasteiger partial charge in [0.15, 0.2) is 0 Å². The van der Waals surface area contributed by atoms with Crippen molar-refractivity contribution in [2.24, 2.45) is 0 Å². The number of halogens is 2. The Morgan fingerprint density at radius 2 is 2.19 bits per heavy atom. The Kier molecular flexibility index (Phi) is 3.23. The van der Waals surface area contributed by atoms with Crippen LogP contribution < -0.4 is 0 Å². The van der Waals surface area contributed by atoms with Crippen LogP contribution >= 0.6 is 0 Å². The normalized spacial score (nSPS) is 13.9. The van der Waals surface area contributed by atoms with Gasteiger partial charge in [-0.1, -0.05) is 6.07 Å². The fraction of sp³-hybridized carbons (Fsp3) is 0.273. The molecule has 0 saturated carbocycles. The van der Waals surface area contributed by atoms with Crippen LogP contribution in [0.3, 0.4) is 0 Å². The van der Waals surface area contributed by atoms with Gasteiger partial charge >= 0.3 is 5.97 Å². The first-order valence-corrected chi connectivity index (χ1v) is 4.47. The van der Waals surface area contributed by atoms with Crippen LogP contribution in [0.5, 0.6) is 0 Å². The summed E-state index contributed by atoms with van der Waals surface area (Å²) in [7, 11) is 0. The average molecular weight is 225 g/mol. The minimum Gasteiger partial charge on any atom is -0.481 e. The van der Waals surface area contributed by atoms with Gasteiger partial charge in [-0.25, -0.2) is 8.78 Å². The summed E-state index contributed by atoms with van der Waals surface area (Å²) in [5.41, 5.74) is -1.85. The number of benzene rings is 1. The first-order chi connectivity index (χ1) is 7.41. The summed E-state index contributed by atoms with van der Waals surface area (Å²) in [6.45, 7) is 1.23. The largest absolute Gasteiger partial charge is 0.481 e. The van der Waals surface area contributed by atoms with Crippen molar-refractivity contribution in [3.63, 3.8) is 0 Å². The molecule has 1 aromatic carbocycles. The van der Waals surface area contributed by atoms with E-state index in [1.807, 2.05) is 0 Å². The number of carboxylic acids is 1. The van der Waals surface area contributed by atoms with Crippen LogP contribution in [-0.2, 0) is 10.2 Å². The summed E-state index contributed by atoms with van der Waals surface area (Å²) >= 11 is 0. The van der Waals surface area contributed by atoms with E-state index in [9.17, 15) is 13.6 Å². The van der Waals surface area contributed by atoms with E-state index < -0.39 is 23.0 Å². The van der Waals surface area contributed by atoms with E-state index in [-0.39, 0.29) is 12.0 Å². The van der Waals surface area contributed by atoms with Crippen molar-refractivity contribution in [3.8, 4) is 6.07 Å². The third-order valence-electron chi connectivity index (χ3n) is 2.43. The van der Waals surface area contributed by atoms with Crippen molar-refractivity contribution in [2.75, 3.05) is 0 Å². The molecule has 0 aliphatic rings. The van der Waals surface area contributed by atoms with Gasteiger partial charge in [0, 0.05) is 11.6 Å². The highest BCUT2D eigenvalue weighted by molar-refractivity contribution is 5.81. The van der Waals surface area contributed by atoms with E-state index in [4.69, 9.17) is 10.4 Å². The maximum atomic E-state index is 13.4. The van der Waals surface area contributed by atoms with E-state index in [1.165, 1.54) is 6.92 Å². The lowest BCUT2D eigenvalue weighted by molar-refractivity contribution is -0.143. The molecule has 0 aromatic heterocycles. The van der Waals surface area contributed by atoms with Crippen LogP contribution in [0.2, 0.25) is 0 Å². The molecule has 1 unspecified atom stereocenters. The van der Waals surface area contributed by atoms with Gasteiger partial charge in [-0.15, -0.1) is 0 Å². The number of rotatable bonds is 3. The molecule has 5 heteroatoms. The molecule has 0 fully saturated rings. The molecule has 1 N–H and O–H groups in total. The molecule has 1 rings (SSSR count). The molecule has 0 aliphatic heterocycles. The van der Waals surface area contributed by atoms with Gasteiger partial charge in [-0.3, -0.25) is 4.79 Å². The zero-order valence-corrected chi connectivity index (χ0v) is 8.50. The maximum absolute atomic E-state index is 13.4. The lowest BCUT2D eigenvalue weighted by Crippen LogP contribution is -2.33. The maximum Gasteiger partial charge on any atom is 0.315 e. The highest BCUT2D eigenvalue weighted by Crippen LogP contribution is 2.30. The smallest absolute Gasteiger partial charge is 0.315 e. The summed E-state index contributed by atoms with van der Waals surface area (Å²) < 4.78 is 26.1. The molecular formula is C11H9F2NO2. The molecule has 1 atom stereocenters. The van der Waals surface area contributed by atoms with E-state index in [1.54, 1.807) is 6.07 Å². The monoisotopic (exact) mass is 225 g/mol. The molecule has 1 aromatic rings. The fourth-order valence-corrected chi connectivity index (χ4v) is 1.38. The molecular weight excluding hydrogens is 216 g/mol. The van der Waals surface area contributed by atoms with Crippen molar-refractivity contribution >= 4 is 5.97 Å². The van der Waals surface area contributed by atoms with Crippen molar-refractivity contribution in [1.82, 2.24) is 0 Å². The van der Waals surface area contributed by atoms with Crippen LogP contribution in [0.4, 0.5) is 8.78 Å². The molecule has 0 heterocycles. The number of aliphatic carboxylic acids is 1. The van der Waals surface area contributed by atoms with Crippen molar-refractivity contribution < 1.29 is 18.7 Å². The van der Waals surface area contributed by atoms with Gasteiger partial charge in [0.2, 0.25) is 0 Å². The van der Waals surface area contributed by atoms with Crippen molar-refractivity contribution in [1.29, 1.82) is 5.26 Å². The van der Waals surface area contributed by atoms with Gasteiger partial charge in [0.1, 0.15) is 17.0 Å². The summed E-state index contributed by atoms with van der Waals surface area (Å²) in [6.07, 6.45) is -0.384. The Hall–Kier alpha value is -1.96. The summed E-state index contributed by atoms with van der Waals surface area (Å²) in [6, 6.07) is 4.31. The zero-order chi connectivity index (χ0) is 12.3. The number of hydrogen-bond donors (Lipinski definition) is 1. The molecule has 0 spiro atoms. The van der Waals surface area contributed by atoms with E-state index >= 15 is 0 Å². The van der Waals surface area contributed by atoms with Gasteiger partial charge in [0.25, 0.3) is 0 Å². The molecule has 0 saturated heterocycles. The Morgan fingerprint density at radius 3 is 2.62 bits per heavy atom. The number of carbonyl (C=O) groups is 1. The van der Waals surface area contributed by atoms with Crippen LogP contribution in [0.15, 0.2) is 18.2 Å². The average Bonchev–Trinajstić information content (AvgIpc) is 2.17. The Morgan fingerprint density at radius 1 is 1.56 bits per heavy atom. The third-order valence-corrected chi connectivity index (χ3v) is 2.43. The lowest BCUT2D eigenvalue weighted by Gasteiger charge is -2.22. The summed E-state index contributed by atoms with van der Waals surface area (Å²) in [5.74, 6) is -3.06. The number of nitrogens with zero attached hydrogens (tertiary/aromatic N) is 1. The molecule has 0 amide bonds. The molecule has 0 radical (unpaired) electrons. The van der Waals surface area contributed by atoms with Crippen molar-refractivity contribution in [3.05, 3.63) is 35.4 Å². The topological polar surface area (TPSA) is 61.1 Å². The second-order valence-corrected chi connectivity index (χ2v) is 3.60. The Bertz CT molecular complexity index is 468. The van der Waals surface area contributed by atoms with E-state index in [2.05, 4.69) is 0 Å². The first kappa shape index (κ1) is 12.1. The first-order valence-electron chi connectivity index (χ1n) is 4.47. The van der Waals surface area contributed by atoms with E-state index in [0.29, 0.717) is 6.07 Å². The number of carboxylic acid groups (broad SMARTS) is 1. The van der Waals surface area contributed by atoms with Crippen LogP contribution in [0.25, 0.3) is 0 Å². The van der Waals surface area contributed by atoms with Crippen LogP contribution in [0.1, 0.15) is 18.9 Å². The quantitative estimate of drug-likeness (QED) is 0.857. The van der Waals surface area contributed by atoms with E-state index in [0.717, 1.165) is 12.1 Å². The Labute approximate surface area is 90.9 Å². The molecule has 3 nitrogen and oxygen atoms in total. The molecule has 84 valence electrons. The molecule has 0 bridgehead atoms. The second-order valence-electron chi connectivity index (χ2n) is 3.60. The SMILES string of the molecule is CC(CC#N)(C(=O)O)c1ccc(F)cc1F. The van der Waals surface area contributed by atoms with Crippen molar-refractivity contribution in [2.45, 2.75) is 18.8 Å². The Balaban J connectivity index is 3.33. The van der Waals surface area contributed by atoms with Crippen LogP contribution in [0, 0.1) is 23.0 Å². The second kappa shape index (κ2) is 4.27. The van der Waals surface area contributed by atoms with Gasteiger partial charge < -0.3 is 5.11 Å². The molecule has 0 aliphatic carbocycles. The molecule has 16 heavy (non-hydrogen) atoms. The van der Waals surface area contributed by atoms with Gasteiger partial charge in [-0.2, -0.15) is 5.26 Å². The predicted octanol–water partition coefficient (Wildman–Crippen LogP) is 2.22.